The minimum atomic E-state index is 0.483. The molecule has 0 saturated carbocycles. The fraction of sp³-hybridized carbons (Fsp3) is 0.364. The van der Waals surface area contributed by atoms with Crippen LogP contribution in [0.2, 0.25) is 5.02 Å². The minimum absolute atomic E-state index is 0.483. The van der Waals surface area contributed by atoms with E-state index in [1.165, 1.54) is 0 Å². The highest BCUT2D eigenvalue weighted by Gasteiger charge is 2.30. The predicted octanol–water partition coefficient (Wildman–Crippen LogP) is 4.87. The van der Waals surface area contributed by atoms with E-state index in [0.29, 0.717) is 22.9 Å². The Hall–Kier alpha value is -2.17. The molecular formula is C22H25ClN4. The molecule has 1 aliphatic heterocycles. The Bertz CT molecular complexity index is 946. The summed E-state index contributed by atoms with van der Waals surface area (Å²) in [6.45, 7) is 9.82. The number of hydrogen-bond donors (Lipinski definition) is 0. The lowest BCUT2D eigenvalue weighted by atomic mass is 10.1. The van der Waals surface area contributed by atoms with E-state index in [9.17, 15) is 0 Å². The molecule has 0 spiro atoms. The van der Waals surface area contributed by atoms with Crippen LogP contribution < -0.4 is 4.90 Å². The lowest BCUT2D eigenvalue weighted by Crippen LogP contribution is -2.56. The van der Waals surface area contributed by atoms with Gasteiger partial charge in [0.15, 0.2) is 5.82 Å². The molecule has 2 heterocycles. The SMILES string of the molecule is CCN1C(C)CN(c2nc(-c3ccccc3Cl)nc3ccccc23)CC1C. The standard InChI is InChI=1S/C22H25ClN4/c1-4-27-15(2)13-26(14-16(27)3)22-18-10-6-8-12-20(18)24-21(25-22)17-9-5-7-11-19(17)23/h5-12,15-16H,4,13-14H2,1-3H3. The summed E-state index contributed by atoms with van der Waals surface area (Å²) in [6.07, 6.45) is 0. The molecule has 140 valence electrons. The largest absolute Gasteiger partial charge is 0.353 e. The number of hydrogen-bond acceptors (Lipinski definition) is 4. The predicted molar refractivity (Wildman–Crippen MR) is 114 cm³/mol. The molecule has 3 aromatic rings. The van der Waals surface area contributed by atoms with Crippen molar-refractivity contribution in [3.8, 4) is 11.4 Å². The van der Waals surface area contributed by atoms with Crippen molar-refractivity contribution < 1.29 is 0 Å². The number of fused-ring (bicyclic) bond motifs is 1. The second kappa shape index (κ2) is 7.45. The molecule has 4 rings (SSSR count). The van der Waals surface area contributed by atoms with Crippen LogP contribution in [-0.4, -0.2) is 46.6 Å². The number of anilines is 1. The van der Waals surface area contributed by atoms with E-state index in [2.05, 4.69) is 48.8 Å². The fourth-order valence-electron chi connectivity index (χ4n) is 4.22. The van der Waals surface area contributed by atoms with Crippen LogP contribution in [0.4, 0.5) is 5.82 Å². The van der Waals surface area contributed by atoms with Crippen LogP contribution in [0, 0.1) is 0 Å². The molecule has 0 amide bonds. The van der Waals surface area contributed by atoms with Gasteiger partial charge in [0.25, 0.3) is 0 Å². The molecule has 0 bridgehead atoms. The van der Waals surface area contributed by atoms with E-state index >= 15 is 0 Å². The number of benzene rings is 2. The average molecular weight is 381 g/mol. The van der Waals surface area contributed by atoms with Crippen molar-refractivity contribution in [1.82, 2.24) is 14.9 Å². The highest BCUT2D eigenvalue weighted by Crippen LogP contribution is 2.32. The van der Waals surface area contributed by atoms with Crippen molar-refractivity contribution in [2.75, 3.05) is 24.5 Å². The Morgan fingerprint density at radius 2 is 1.63 bits per heavy atom. The zero-order valence-electron chi connectivity index (χ0n) is 16.1. The Balaban J connectivity index is 1.84. The summed E-state index contributed by atoms with van der Waals surface area (Å²) in [4.78, 5) is 14.7. The first-order valence-corrected chi connectivity index (χ1v) is 9.98. The maximum Gasteiger partial charge on any atom is 0.163 e. The molecule has 1 aromatic heterocycles. The number of likely N-dealkylation sites (N-methyl/N-ethyl adjacent to an activating group) is 1. The molecular weight excluding hydrogens is 356 g/mol. The normalized spacial score (nSPS) is 21.0. The zero-order chi connectivity index (χ0) is 19.0. The number of nitrogens with zero attached hydrogens (tertiary/aromatic N) is 4. The van der Waals surface area contributed by atoms with Gasteiger partial charge in [0.2, 0.25) is 0 Å². The Morgan fingerprint density at radius 3 is 2.33 bits per heavy atom. The van der Waals surface area contributed by atoms with Crippen molar-refractivity contribution in [2.24, 2.45) is 0 Å². The van der Waals surface area contributed by atoms with Gasteiger partial charge in [-0.25, -0.2) is 9.97 Å². The van der Waals surface area contributed by atoms with Gasteiger partial charge in [0, 0.05) is 36.1 Å². The molecule has 27 heavy (non-hydrogen) atoms. The molecule has 0 aliphatic carbocycles. The van der Waals surface area contributed by atoms with Crippen molar-refractivity contribution in [2.45, 2.75) is 32.9 Å². The molecule has 4 nitrogen and oxygen atoms in total. The van der Waals surface area contributed by atoms with Crippen molar-refractivity contribution in [1.29, 1.82) is 0 Å². The summed E-state index contributed by atoms with van der Waals surface area (Å²) in [7, 11) is 0. The second-order valence-electron chi connectivity index (χ2n) is 7.30. The van der Waals surface area contributed by atoms with Gasteiger partial charge in [0.1, 0.15) is 5.82 Å². The lowest BCUT2D eigenvalue weighted by Gasteiger charge is -2.44. The van der Waals surface area contributed by atoms with E-state index < -0.39 is 0 Å². The van der Waals surface area contributed by atoms with Crippen LogP contribution in [0.15, 0.2) is 48.5 Å². The Kier molecular flexibility index (Phi) is 5.02. The summed E-state index contributed by atoms with van der Waals surface area (Å²) in [5, 5.41) is 1.77. The molecule has 1 aliphatic rings. The third-order valence-electron chi connectivity index (χ3n) is 5.46. The minimum Gasteiger partial charge on any atom is -0.353 e. The summed E-state index contributed by atoms with van der Waals surface area (Å²) in [6, 6.07) is 17.0. The molecule has 1 fully saturated rings. The van der Waals surface area contributed by atoms with Crippen molar-refractivity contribution in [3.05, 3.63) is 53.6 Å². The Labute approximate surface area is 165 Å². The summed E-state index contributed by atoms with van der Waals surface area (Å²) in [5.74, 6) is 1.69. The van der Waals surface area contributed by atoms with Crippen LogP contribution >= 0.6 is 11.6 Å². The summed E-state index contributed by atoms with van der Waals surface area (Å²) in [5.41, 5.74) is 1.83. The van der Waals surface area contributed by atoms with Crippen LogP contribution in [0.5, 0.6) is 0 Å². The average Bonchev–Trinajstić information content (AvgIpc) is 2.67. The maximum atomic E-state index is 6.43. The molecule has 0 N–H and O–H groups in total. The third kappa shape index (κ3) is 3.40. The van der Waals surface area contributed by atoms with Gasteiger partial charge in [-0.1, -0.05) is 42.8 Å². The van der Waals surface area contributed by atoms with E-state index in [4.69, 9.17) is 21.6 Å². The van der Waals surface area contributed by atoms with Crippen molar-refractivity contribution >= 4 is 28.3 Å². The molecule has 2 aromatic carbocycles. The second-order valence-corrected chi connectivity index (χ2v) is 7.71. The lowest BCUT2D eigenvalue weighted by molar-refractivity contribution is 0.140. The van der Waals surface area contributed by atoms with Gasteiger partial charge in [0.05, 0.1) is 10.5 Å². The number of halogens is 1. The molecule has 5 heteroatoms. The molecule has 2 unspecified atom stereocenters. The highest BCUT2D eigenvalue weighted by molar-refractivity contribution is 6.33. The van der Waals surface area contributed by atoms with Gasteiger partial charge in [-0.2, -0.15) is 0 Å². The number of rotatable bonds is 3. The number of piperazine rings is 1. The first-order valence-electron chi connectivity index (χ1n) is 9.61. The molecule has 0 radical (unpaired) electrons. The topological polar surface area (TPSA) is 32.3 Å². The quantitative estimate of drug-likeness (QED) is 0.648. The van der Waals surface area contributed by atoms with Gasteiger partial charge < -0.3 is 4.90 Å². The highest BCUT2D eigenvalue weighted by atomic mass is 35.5. The fourth-order valence-corrected chi connectivity index (χ4v) is 4.44. The zero-order valence-corrected chi connectivity index (χ0v) is 16.8. The van der Waals surface area contributed by atoms with Gasteiger partial charge >= 0.3 is 0 Å². The van der Waals surface area contributed by atoms with Gasteiger partial charge in [-0.15, -0.1) is 0 Å². The van der Waals surface area contributed by atoms with Crippen LogP contribution in [0.3, 0.4) is 0 Å². The smallest absolute Gasteiger partial charge is 0.163 e. The summed E-state index contributed by atoms with van der Waals surface area (Å²) >= 11 is 6.43. The van der Waals surface area contributed by atoms with Crippen LogP contribution in [0.25, 0.3) is 22.3 Å². The van der Waals surface area contributed by atoms with E-state index in [-0.39, 0.29) is 0 Å². The first-order chi connectivity index (χ1) is 13.1. The third-order valence-corrected chi connectivity index (χ3v) is 5.79. The summed E-state index contributed by atoms with van der Waals surface area (Å²) < 4.78 is 0. The number of aromatic nitrogens is 2. The van der Waals surface area contributed by atoms with Crippen LogP contribution in [-0.2, 0) is 0 Å². The first kappa shape index (κ1) is 18.2. The van der Waals surface area contributed by atoms with E-state index in [1.807, 2.05) is 30.3 Å². The van der Waals surface area contributed by atoms with Crippen molar-refractivity contribution in [3.63, 3.8) is 0 Å². The van der Waals surface area contributed by atoms with Gasteiger partial charge in [-0.3, -0.25) is 4.90 Å². The number of para-hydroxylation sites is 1. The molecule has 1 saturated heterocycles. The molecule has 2 atom stereocenters. The monoisotopic (exact) mass is 380 g/mol. The van der Waals surface area contributed by atoms with Crippen LogP contribution in [0.1, 0.15) is 20.8 Å². The van der Waals surface area contributed by atoms with E-state index in [1.54, 1.807) is 0 Å². The Morgan fingerprint density at radius 1 is 0.963 bits per heavy atom. The maximum absolute atomic E-state index is 6.43. The van der Waals surface area contributed by atoms with Gasteiger partial charge in [-0.05, 0) is 44.7 Å². The van der Waals surface area contributed by atoms with E-state index in [0.717, 1.165) is 41.9 Å².